The third-order valence-electron chi connectivity index (χ3n) is 7.18. The number of rotatable bonds is 4. The van der Waals surface area contributed by atoms with Gasteiger partial charge in [-0.2, -0.15) is 5.10 Å². The summed E-state index contributed by atoms with van der Waals surface area (Å²) in [6.07, 6.45) is 1.35. The van der Waals surface area contributed by atoms with E-state index in [2.05, 4.69) is 34.5 Å². The molecule has 3 heterocycles. The largest absolute Gasteiger partial charge is 0.456 e. The average molecular weight is 456 g/mol. The normalized spacial score (nSPS) is 21.1. The Morgan fingerprint density at radius 1 is 1.00 bits per heavy atom. The summed E-state index contributed by atoms with van der Waals surface area (Å²) in [7, 11) is 0. The summed E-state index contributed by atoms with van der Waals surface area (Å²) in [5.74, 6) is 1.39. The molecule has 7 heteroatoms. The number of hydrogen-bond donors (Lipinski definition) is 3. The fourth-order valence-electron chi connectivity index (χ4n) is 5.41. The highest BCUT2D eigenvalue weighted by Crippen LogP contribution is 2.44. The zero-order chi connectivity index (χ0) is 23.3. The third-order valence-corrected chi connectivity index (χ3v) is 7.18. The number of aliphatic hydroxyl groups excluding tert-OH is 1. The van der Waals surface area contributed by atoms with Crippen LogP contribution in [0, 0.1) is 0 Å². The first-order valence-electron chi connectivity index (χ1n) is 11.7. The zero-order valence-electron chi connectivity index (χ0n) is 18.8. The van der Waals surface area contributed by atoms with Gasteiger partial charge >= 0.3 is 0 Å². The second-order valence-electron chi connectivity index (χ2n) is 9.59. The zero-order valence-corrected chi connectivity index (χ0v) is 18.8. The number of fused-ring (bicyclic) bond motifs is 2. The second kappa shape index (κ2) is 7.97. The highest BCUT2D eigenvalue weighted by atomic mass is 16.5. The molecule has 0 aliphatic carbocycles. The number of hydrogen-bond acceptors (Lipinski definition) is 5. The first-order valence-corrected chi connectivity index (χ1v) is 11.7. The van der Waals surface area contributed by atoms with Crippen molar-refractivity contribution >= 4 is 16.5 Å². The van der Waals surface area contributed by atoms with Gasteiger partial charge in [-0.05, 0) is 42.5 Å². The minimum atomic E-state index is -0.232. The molecule has 1 fully saturated rings. The van der Waals surface area contributed by atoms with Gasteiger partial charge in [0.05, 0.1) is 30.0 Å². The predicted molar refractivity (Wildman–Crippen MR) is 131 cm³/mol. The highest BCUT2D eigenvalue weighted by Gasteiger charge is 2.34. The molecule has 4 aromatic rings. The van der Waals surface area contributed by atoms with Crippen molar-refractivity contribution in [2.75, 3.05) is 18.8 Å². The van der Waals surface area contributed by atoms with Crippen LogP contribution in [0.3, 0.4) is 0 Å². The van der Waals surface area contributed by atoms with Crippen LogP contribution in [-0.2, 0) is 13.1 Å². The van der Waals surface area contributed by atoms with E-state index in [1.54, 1.807) is 6.07 Å². The number of benzene rings is 3. The molecule has 0 amide bonds. The summed E-state index contributed by atoms with van der Waals surface area (Å²) in [5.41, 5.74) is 10.5. The lowest BCUT2D eigenvalue weighted by Gasteiger charge is -2.43. The van der Waals surface area contributed by atoms with E-state index in [-0.39, 0.29) is 11.7 Å². The number of nitrogens with two attached hydrogens (primary N) is 1. The number of aliphatic hydroxyl groups is 1. The fourth-order valence-corrected chi connectivity index (χ4v) is 5.41. The average Bonchev–Trinajstić information content (AvgIpc) is 2.85. The van der Waals surface area contributed by atoms with Crippen LogP contribution >= 0.6 is 0 Å². The van der Waals surface area contributed by atoms with E-state index in [1.807, 2.05) is 30.3 Å². The summed E-state index contributed by atoms with van der Waals surface area (Å²) < 4.78 is 7.02. The van der Waals surface area contributed by atoms with Crippen LogP contribution in [-0.4, -0.2) is 39.0 Å². The summed E-state index contributed by atoms with van der Waals surface area (Å²) in [6.45, 7) is 3.52. The molecule has 0 atom stereocenters. The molecule has 0 bridgehead atoms. The predicted octanol–water partition coefficient (Wildman–Crippen LogP) is 3.95. The number of piperidine rings is 1. The third kappa shape index (κ3) is 3.63. The Morgan fingerprint density at radius 2 is 1.74 bits per heavy atom. The van der Waals surface area contributed by atoms with Gasteiger partial charge in [0.25, 0.3) is 5.56 Å². The van der Waals surface area contributed by atoms with Crippen LogP contribution < -0.4 is 16.0 Å². The number of nitrogens with zero attached hydrogens (tertiary/aromatic N) is 2. The van der Waals surface area contributed by atoms with Crippen LogP contribution in [0.1, 0.15) is 24.0 Å². The molecule has 1 aromatic heterocycles. The molecule has 2 aliphatic rings. The molecule has 7 nitrogen and oxygen atoms in total. The van der Waals surface area contributed by atoms with Crippen LogP contribution in [0.5, 0.6) is 11.5 Å². The van der Waals surface area contributed by atoms with Crippen molar-refractivity contribution in [1.29, 1.82) is 0 Å². The van der Waals surface area contributed by atoms with Gasteiger partial charge in [0.15, 0.2) is 0 Å². The number of nitrogens with one attached hydrogen (secondary N) is 1. The Hall–Kier alpha value is -3.68. The van der Waals surface area contributed by atoms with Gasteiger partial charge in [0, 0.05) is 35.2 Å². The molecule has 4 N–H and O–H groups in total. The van der Waals surface area contributed by atoms with Gasteiger partial charge in [0.2, 0.25) is 0 Å². The van der Waals surface area contributed by atoms with Gasteiger partial charge in [0.1, 0.15) is 30.3 Å². The van der Waals surface area contributed by atoms with Crippen molar-refractivity contribution in [2.45, 2.75) is 32.0 Å². The molecule has 172 valence electrons. The lowest BCUT2D eigenvalue weighted by atomic mass is 9.97. The maximum Gasteiger partial charge on any atom is 0.272 e. The number of quaternary nitrogens is 1. The van der Waals surface area contributed by atoms with E-state index in [0.717, 1.165) is 71.6 Å². The number of nitrogen functional groups attached to an aromatic ring is 1. The van der Waals surface area contributed by atoms with E-state index >= 15 is 0 Å². The SMILES string of the molecule is Nc1ccc(C[N+]2(Cc3ccc4c(c3)-c3n[nH]c(=O)c5cccc(c35)O4)CCC(O)CC2)cc1. The van der Waals surface area contributed by atoms with Gasteiger partial charge in [-0.15, -0.1) is 0 Å². The number of ether oxygens (including phenoxy) is 1. The topological polar surface area (TPSA) is 101 Å². The minimum Gasteiger partial charge on any atom is -0.456 e. The maximum absolute atomic E-state index is 12.3. The minimum absolute atomic E-state index is 0.219. The van der Waals surface area contributed by atoms with E-state index in [0.29, 0.717) is 11.1 Å². The number of H-pyrrole nitrogens is 1. The fraction of sp³-hybridized carbons (Fsp3) is 0.259. The summed E-state index contributed by atoms with van der Waals surface area (Å²) in [6, 6.07) is 19.8. The van der Waals surface area contributed by atoms with Crippen molar-refractivity contribution in [2.24, 2.45) is 0 Å². The summed E-state index contributed by atoms with van der Waals surface area (Å²) >= 11 is 0. The van der Waals surface area contributed by atoms with Crippen molar-refractivity contribution < 1.29 is 14.3 Å². The Labute approximate surface area is 197 Å². The van der Waals surface area contributed by atoms with Gasteiger partial charge < -0.3 is 20.1 Å². The Morgan fingerprint density at radius 3 is 2.53 bits per heavy atom. The van der Waals surface area contributed by atoms with Crippen molar-refractivity contribution in [1.82, 2.24) is 10.2 Å². The first-order chi connectivity index (χ1) is 16.5. The molecule has 34 heavy (non-hydrogen) atoms. The number of aromatic amines is 1. The molecule has 0 saturated carbocycles. The summed E-state index contributed by atoms with van der Waals surface area (Å²) in [4.78, 5) is 12.3. The molecule has 2 aliphatic heterocycles. The lowest BCUT2D eigenvalue weighted by Crippen LogP contribution is -2.52. The Balaban J connectivity index is 1.39. The lowest BCUT2D eigenvalue weighted by molar-refractivity contribution is -0.958. The van der Waals surface area contributed by atoms with Crippen molar-refractivity contribution in [3.05, 3.63) is 82.1 Å². The van der Waals surface area contributed by atoms with Gasteiger partial charge in [-0.3, -0.25) is 4.79 Å². The van der Waals surface area contributed by atoms with Crippen LogP contribution in [0.25, 0.3) is 22.0 Å². The standard InChI is InChI=1S/C27H26N4O3/c28-19-7-4-17(5-8-19)15-31(12-10-20(32)11-13-31)16-18-6-9-23-22(14-18)26-25-21(27(33)30-29-26)2-1-3-24(25)34-23/h1-9,14,20,32H,10-13,15-16,28H2/p+1. The van der Waals surface area contributed by atoms with Gasteiger partial charge in [-0.1, -0.05) is 18.2 Å². The van der Waals surface area contributed by atoms with E-state index < -0.39 is 0 Å². The van der Waals surface area contributed by atoms with Crippen LogP contribution in [0.4, 0.5) is 5.69 Å². The smallest absolute Gasteiger partial charge is 0.272 e. The molecular formula is C27H27N4O3+. The number of likely N-dealkylation sites (tertiary alicyclic amines) is 1. The highest BCUT2D eigenvalue weighted by molar-refractivity contribution is 6.01. The molecule has 6 rings (SSSR count). The van der Waals surface area contributed by atoms with Gasteiger partial charge in [-0.25, -0.2) is 5.10 Å². The quantitative estimate of drug-likeness (QED) is 0.281. The molecule has 1 saturated heterocycles. The van der Waals surface area contributed by atoms with Crippen molar-refractivity contribution in [3.8, 4) is 22.8 Å². The maximum atomic E-state index is 12.3. The second-order valence-corrected chi connectivity index (χ2v) is 9.59. The van der Waals surface area contributed by atoms with Crippen LogP contribution in [0.15, 0.2) is 65.5 Å². The van der Waals surface area contributed by atoms with Crippen LogP contribution in [0.2, 0.25) is 0 Å². The molecule has 0 spiro atoms. The number of anilines is 1. The monoisotopic (exact) mass is 455 g/mol. The Kier molecular flexibility index (Phi) is 4.90. The Bertz CT molecular complexity index is 1440. The molecule has 0 unspecified atom stereocenters. The molecule has 0 radical (unpaired) electrons. The summed E-state index contributed by atoms with van der Waals surface area (Å²) in [5, 5.41) is 18.6. The van der Waals surface area contributed by atoms with Crippen molar-refractivity contribution in [3.63, 3.8) is 0 Å². The number of aromatic nitrogens is 2. The van der Waals surface area contributed by atoms with E-state index in [9.17, 15) is 9.90 Å². The van der Waals surface area contributed by atoms with E-state index in [4.69, 9.17) is 10.5 Å². The first kappa shape index (κ1) is 20.9. The van der Waals surface area contributed by atoms with E-state index in [1.165, 1.54) is 11.1 Å². The molecular weight excluding hydrogens is 428 g/mol. The molecule has 3 aromatic carbocycles.